The molecule has 1 aromatic carbocycles. The second kappa shape index (κ2) is 7.87. The second-order valence-electron chi connectivity index (χ2n) is 7.04. The molecule has 0 aliphatic heterocycles. The Hall–Kier alpha value is -3.11. The van der Waals surface area contributed by atoms with Crippen molar-refractivity contribution in [1.29, 1.82) is 0 Å². The van der Waals surface area contributed by atoms with E-state index in [-0.39, 0.29) is 6.04 Å². The average molecular weight is 379 g/mol. The summed E-state index contributed by atoms with van der Waals surface area (Å²) in [6.07, 6.45) is 2.27. The highest BCUT2D eigenvalue weighted by Gasteiger charge is 2.16. The van der Waals surface area contributed by atoms with E-state index in [1.54, 1.807) is 20.4 Å². The molecule has 7 heteroatoms. The number of benzene rings is 1. The molecule has 1 atom stereocenters. The van der Waals surface area contributed by atoms with Crippen LogP contribution in [0.3, 0.4) is 0 Å². The van der Waals surface area contributed by atoms with Gasteiger partial charge in [0.1, 0.15) is 11.4 Å². The molecule has 2 N–H and O–H groups in total. The standard InChI is InChI=1S/C21H25N5O2/c1-6-21(4,27)12-11-17-24-19(23-15-7-9-16(28-5)10-8-15)18-20(25-17)26(13-22-18)14(2)3/h7-10,13-14,27H,6H2,1-5H3,(H,23,24,25)/t21-/m0/s1. The number of anilines is 2. The summed E-state index contributed by atoms with van der Waals surface area (Å²) in [4.78, 5) is 13.6. The summed E-state index contributed by atoms with van der Waals surface area (Å²) in [6.45, 7) is 7.68. The van der Waals surface area contributed by atoms with Crippen LogP contribution < -0.4 is 10.1 Å². The quantitative estimate of drug-likeness (QED) is 0.658. The monoisotopic (exact) mass is 379 g/mol. The van der Waals surface area contributed by atoms with Crippen molar-refractivity contribution in [2.75, 3.05) is 12.4 Å². The topological polar surface area (TPSA) is 85.1 Å². The molecule has 2 aromatic heterocycles. The lowest BCUT2D eigenvalue weighted by Crippen LogP contribution is -2.19. The third-order valence-electron chi connectivity index (χ3n) is 4.46. The minimum Gasteiger partial charge on any atom is -0.497 e. The summed E-state index contributed by atoms with van der Waals surface area (Å²) < 4.78 is 7.17. The van der Waals surface area contributed by atoms with Gasteiger partial charge >= 0.3 is 0 Å². The van der Waals surface area contributed by atoms with E-state index in [9.17, 15) is 5.11 Å². The zero-order chi connectivity index (χ0) is 20.3. The van der Waals surface area contributed by atoms with E-state index in [1.165, 1.54) is 0 Å². The first-order chi connectivity index (χ1) is 13.3. The van der Waals surface area contributed by atoms with Crippen molar-refractivity contribution in [1.82, 2.24) is 19.5 Å². The summed E-state index contributed by atoms with van der Waals surface area (Å²) >= 11 is 0. The van der Waals surface area contributed by atoms with Crippen LogP contribution in [0.15, 0.2) is 30.6 Å². The van der Waals surface area contributed by atoms with Crippen molar-refractivity contribution in [2.45, 2.75) is 45.8 Å². The normalized spacial score (nSPS) is 13.1. The highest BCUT2D eigenvalue weighted by Crippen LogP contribution is 2.25. The highest BCUT2D eigenvalue weighted by atomic mass is 16.5. The van der Waals surface area contributed by atoms with Gasteiger partial charge in [0, 0.05) is 11.7 Å². The lowest BCUT2D eigenvalue weighted by atomic mass is 10.1. The molecule has 0 radical (unpaired) electrons. The number of nitrogens with one attached hydrogen (secondary N) is 1. The number of aromatic nitrogens is 4. The molecule has 0 amide bonds. The predicted octanol–water partition coefficient (Wildman–Crippen LogP) is 3.67. The molecular formula is C21H25N5O2. The minimum atomic E-state index is -1.08. The Labute approximate surface area is 164 Å². The van der Waals surface area contributed by atoms with Gasteiger partial charge in [-0.3, -0.25) is 0 Å². The molecule has 0 aliphatic carbocycles. The molecule has 0 saturated carbocycles. The third-order valence-corrected chi connectivity index (χ3v) is 4.46. The Kier molecular flexibility index (Phi) is 5.52. The maximum Gasteiger partial charge on any atom is 0.209 e. The molecule has 146 valence electrons. The maximum absolute atomic E-state index is 10.2. The average Bonchev–Trinajstić information content (AvgIpc) is 3.12. The Morgan fingerprint density at radius 2 is 1.96 bits per heavy atom. The first kappa shape index (κ1) is 19.6. The van der Waals surface area contributed by atoms with Crippen LogP contribution in [0.25, 0.3) is 11.2 Å². The van der Waals surface area contributed by atoms with Gasteiger partial charge in [0.15, 0.2) is 17.0 Å². The van der Waals surface area contributed by atoms with Gasteiger partial charge in [0.2, 0.25) is 5.82 Å². The molecule has 28 heavy (non-hydrogen) atoms. The minimum absolute atomic E-state index is 0.188. The van der Waals surface area contributed by atoms with Crippen molar-refractivity contribution in [3.8, 4) is 17.6 Å². The Balaban J connectivity index is 2.08. The zero-order valence-corrected chi connectivity index (χ0v) is 16.8. The number of fused-ring (bicyclic) bond motifs is 1. The lowest BCUT2D eigenvalue weighted by Gasteiger charge is -2.12. The molecule has 3 aromatic rings. The third kappa shape index (κ3) is 4.24. The zero-order valence-electron chi connectivity index (χ0n) is 16.8. The number of ether oxygens (including phenoxy) is 1. The Morgan fingerprint density at radius 3 is 2.57 bits per heavy atom. The fraction of sp³-hybridized carbons (Fsp3) is 0.381. The number of methoxy groups -OCH3 is 1. The van der Waals surface area contributed by atoms with Gasteiger partial charge in [0.05, 0.1) is 13.4 Å². The molecule has 3 rings (SSSR count). The predicted molar refractivity (Wildman–Crippen MR) is 110 cm³/mol. The van der Waals surface area contributed by atoms with E-state index in [2.05, 4.69) is 46.0 Å². The van der Waals surface area contributed by atoms with E-state index >= 15 is 0 Å². The number of hydrogen-bond donors (Lipinski definition) is 2. The lowest BCUT2D eigenvalue weighted by molar-refractivity contribution is 0.118. The van der Waals surface area contributed by atoms with Crippen LogP contribution in [-0.2, 0) is 0 Å². The van der Waals surface area contributed by atoms with Gasteiger partial charge in [-0.2, -0.15) is 0 Å². The number of hydrogen-bond acceptors (Lipinski definition) is 6. The van der Waals surface area contributed by atoms with E-state index in [0.29, 0.717) is 29.2 Å². The second-order valence-corrected chi connectivity index (χ2v) is 7.04. The SMILES string of the molecule is CC[C@](C)(O)C#Cc1nc(Nc2ccc(OC)cc2)c2ncn(C(C)C)c2n1. The molecular weight excluding hydrogens is 354 g/mol. The number of nitrogens with zero attached hydrogens (tertiary/aromatic N) is 4. The largest absolute Gasteiger partial charge is 0.497 e. The van der Waals surface area contributed by atoms with Crippen LogP contribution in [0, 0.1) is 11.8 Å². The first-order valence-electron chi connectivity index (χ1n) is 9.24. The molecule has 2 heterocycles. The maximum atomic E-state index is 10.2. The Morgan fingerprint density at radius 1 is 1.25 bits per heavy atom. The number of imidazole rings is 1. The van der Waals surface area contributed by atoms with E-state index in [4.69, 9.17) is 4.74 Å². The van der Waals surface area contributed by atoms with Crippen LogP contribution in [0.1, 0.15) is 46.0 Å². The number of rotatable bonds is 5. The summed E-state index contributed by atoms with van der Waals surface area (Å²) in [6, 6.07) is 7.73. The summed E-state index contributed by atoms with van der Waals surface area (Å²) in [5, 5.41) is 13.5. The van der Waals surface area contributed by atoms with Gasteiger partial charge in [-0.25, -0.2) is 15.0 Å². The molecule has 7 nitrogen and oxygen atoms in total. The molecule has 0 bridgehead atoms. The van der Waals surface area contributed by atoms with Crippen molar-refractivity contribution in [3.05, 3.63) is 36.4 Å². The molecule has 0 spiro atoms. The van der Waals surface area contributed by atoms with Gasteiger partial charge in [-0.1, -0.05) is 12.8 Å². The van der Waals surface area contributed by atoms with E-state index in [0.717, 1.165) is 11.4 Å². The molecule has 0 unspecified atom stereocenters. The van der Waals surface area contributed by atoms with Gasteiger partial charge < -0.3 is 19.7 Å². The molecule has 0 saturated heterocycles. The van der Waals surface area contributed by atoms with Gasteiger partial charge in [0.25, 0.3) is 0 Å². The van der Waals surface area contributed by atoms with Crippen molar-refractivity contribution in [3.63, 3.8) is 0 Å². The van der Waals surface area contributed by atoms with E-state index < -0.39 is 5.60 Å². The van der Waals surface area contributed by atoms with E-state index in [1.807, 2.05) is 35.8 Å². The highest BCUT2D eigenvalue weighted by molar-refractivity contribution is 5.85. The smallest absolute Gasteiger partial charge is 0.209 e. The Bertz CT molecular complexity index is 1030. The van der Waals surface area contributed by atoms with Crippen molar-refractivity contribution < 1.29 is 9.84 Å². The summed E-state index contributed by atoms with van der Waals surface area (Å²) in [5.41, 5.74) is 1.12. The van der Waals surface area contributed by atoms with Crippen molar-refractivity contribution in [2.24, 2.45) is 0 Å². The van der Waals surface area contributed by atoms with Crippen molar-refractivity contribution >= 4 is 22.7 Å². The van der Waals surface area contributed by atoms with Crippen LogP contribution >= 0.6 is 0 Å². The van der Waals surface area contributed by atoms with Crippen LogP contribution in [0.2, 0.25) is 0 Å². The first-order valence-corrected chi connectivity index (χ1v) is 9.24. The summed E-state index contributed by atoms with van der Waals surface area (Å²) in [7, 11) is 1.63. The molecule has 0 aliphatic rings. The molecule has 0 fully saturated rings. The fourth-order valence-electron chi connectivity index (χ4n) is 2.53. The van der Waals surface area contributed by atoms with Crippen LogP contribution in [-0.4, -0.2) is 37.3 Å². The fourth-order valence-corrected chi connectivity index (χ4v) is 2.53. The van der Waals surface area contributed by atoms with Crippen LogP contribution in [0.5, 0.6) is 5.75 Å². The van der Waals surface area contributed by atoms with Crippen LogP contribution in [0.4, 0.5) is 11.5 Å². The number of aliphatic hydroxyl groups is 1. The summed E-state index contributed by atoms with van der Waals surface area (Å²) in [5.74, 6) is 7.42. The van der Waals surface area contributed by atoms with Gasteiger partial charge in [-0.05, 0) is 57.4 Å². The van der Waals surface area contributed by atoms with Gasteiger partial charge in [-0.15, -0.1) is 0 Å².